The van der Waals surface area contributed by atoms with E-state index in [0.717, 1.165) is 66.3 Å². The van der Waals surface area contributed by atoms with Gasteiger partial charge in [0.05, 0.1) is 40.7 Å². The fourth-order valence-electron chi connectivity index (χ4n) is 5.56. The summed E-state index contributed by atoms with van der Waals surface area (Å²) in [4.78, 5) is 21.4. The van der Waals surface area contributed by atoms with Crippen molar-refractivity contribution in [1.29, 1.82) is 0 Å². The molecular formula is C30H31FN6O. The number of nitrogens with one attached hydrogen (secondary N) is 1. The average molecular weight is 511 g/mol. The predicted octanol–water partition coefficient (Wildman–Crippen LogP) is 5.77. The zero-order chi connectivity index (χ0) is 26.1. The summed E-state index contributed by atoms with van der Waals surface area (Å²) >= 11 is 0. The molecular weight excluding hydrogens is 479 g/mol. The minimum Gasteiger partial charge on any atom is -0.381 e. The first-order valence-corrected chi connectivity index (χ1v) is 13.1. The Kier molecular flexibility index (Phi) is 6.49. The first kappa shape index (κ1) is 24.4. The molecule has 1 N–H and O–H groups in total. The van der Waals surface area contributed by atoms with E-state index in [4.69, 9.17) is 14.7 Å². The zero-order valence-electron chi connectivity index (χ0n) is 21.6. The third-order valence-electron chi connectivity index (χ3n) is 7.60. The molecule has 0 amide bonds. The van der Waals surface area contributed by atoms with Gasteiger partial charge >= 0.3 is 0 Å². The number of hydrogen-bond acceptors (Lipinski definition) is 7. The Morgan fingerprint density at radius 3 is 2.58 bits per heavy atom. The second-order valence-electron chi connectivity index (χ2n) is 10.2. The highest BCUT2D eigenvalue weighted by molar-refractivity contribution is 6.26. The van der Waals surface area contributed by atoms with Gasteiger partial charge in [-0.15, -0.1) is 0 Å². The van der Waals surface area contributed by atoms with Crippen molar-refractivity contribution >= 4 is 23.1 Å². The van der Waals surface area contributed by atoms with Gasteiger partial charge in [0.2, 0.25) is 5.95 Å². The van der Waals surface area contributed by atoms with Gasteiger partial charge in [0, 0.05) is 25.2 Å². The van der Waals surface area contributed by atoms with Gasteiger partial charge in [0.1, 0.15) is 11.4 Å². The van der Waals surface area contributed by atoms with Gasteiger partial charge < -0.3 is 15.0 Å². The molecule has 0 spiro atoms. The topological polar surface area (TPSA) is 75.0 Å². The molecule has 4 aliphatic rings. The van der Waals surface area contributed by atoms with E-state index < -0.39 is 5.54 Å². The van der Waals surface area contributed by atoms with Crippen molar-refractivity contribution in [1.82, 2.24) is 9.97 Å². The van der Waals surface area contributed by atoms with Crippen molar-refractivity contribution in [3.05, 3.63) is 96.0 Å². The summed E-state index contributed by atoms with van der Waals surface area (Å²) in [5.41, 5.74) is 4.88. The molecule has 1 unspecified atom stereocenters. The molecule has 194 valence electrons. The van der Waals surface area contributed by atoms with E-state index in [1.807, 2.05) is 18.2 Å². The Morgan fingerprint density at radius 1 is 1.08 bits per heavy atom. The van der Waals surface area contributed by atoms with E-state index in [2.05, 4.69) is 51.4 Å². The van der Waals surface area contributed by atoms with Crippen molar-refractivity contribution < 1.29 is 9.13 Å². The Balaban J connectivity index is 1.46. The quantitative estimate of drug-likeness (QED) is 0.517. The molecule has 1 saturated carbocycles. The SMILES string of the molecule is COC1CCC(N=C2C=C3C(=NC4(C)CC=CC=C4N3c3ccc(F)cc3)C=C2Nc2ncccn2)CC1. The number of ether oxygens (including phenoxy) is 1. The normalized spacial score (nSPS) is 27.6. The van der Waals surface area contributed by atoms with E-state index >= 15 is 0 Å². The van der Waals surface area contributed by atoms with Crippen molar-refractivity contribution in [2.24, 2.45) is 9.98 Å². The van der Waals surface area contributed by atoms with Crippen LogP contribution in [0.15, 0.2) is 100 Å². The number of aromatic nitrogens is 2. The molecule has 2 heterocycles. The maximum absolute atomic E-state index is 13.9. The summed E-state index contributed by atoms with van der Waals surface area (Å²) in [6, 6.07) is 8.62. The summed E-state index contributed by atoms with van der Waals surface area (Å²) in [5, 5.41) is 3.38. The minimum absolute atomic E-state index is 0.193. The standard InChI is InChI=1S/C30H31FN6O/c1-30-15-4-3-6-28(30)37(22-11-7-20(31)8-12-22)27-19-25(34-21-9-13-23(38-2)14-10-21)24(18-26(27)36-30)35-29-32-16-5-17-33-29/h3-8,11-12,16-19,21,23H,9-10,13-15H2,1-2H3,(H,32,33,35). The fraction of sp³-hybridized carbons (Fsp3) is 0.333. The van der Waals surface area contributed by atoms with E-state index in [1.54, 1.807) is 25.6 Å². The maximum Gasteiger partial charge on any atom is 0.227 e. The largest absolute Gasteiger partial charge is 0.381 e. The molecule has 8 heteroatoms. The lowest BCUT2D eigenvalue weighted by Crippen LogP contribution is -2.45. The summed E-state index contributed by atoms with van der Waals surface area (Å²) in [7, 11) is 1.78. The van der Waals surface area contributed by atoms with E-state index in [9.17, 15) is 4.39 Å². The number of hydrogen-bond donors (Lipinski definition) is 1. The lowest BCUT2D eigenvalue weighted by atomic mass is 9.84. The van der Waals surface area contributed by atoms with Crippen LogP contribution in [0.2, 0.25) is 0 Å². The average Bonchev–Trinajstić information content (AvgIpc) is 2.93. The van der Waals surface area contributed by atoms with Gasteiger partial charge in [0.25, 0.3) is 0 Å². The number of anilines is 2. The molecule has 1 aromatic carbocycles. The van der Waals surface area contributed by atoms with Crippen LogP contribution < -0.4 is 10.2 Å². The Labute approximate surface area is 222 Å². The fourth-order valence-corrected chi connectivity index (χ4v) is 5.56. The third-order valence-corrected chi connectivity index (χ3v) is 7.60. The number of fused-ring (bicyclic) bond motifs is 2. The highest BCUT2D eigenvalue weighted by atomic mass is 19.1. The molecule has 1 atom stereocenters. The Hall–Kier alpha value is -3.91. The molecule has 1 fully saturated rings. The van der Waals surface area contributed by atoms with Crippen LogP contribution in [0.25, 0.3) is 0 Å². The summed E-state index contributed by atoms with van der Waals surface area (Å²) < 4.78 is 19.5. The molecule has 6 rings (SSSR count). The zero-order valence-corrected chi connectivity index (χ0v) is 21.6. The Morgan fingerprint density at radius 2 is 1.84 bits per heavy atom. The number of rotatable bonds is 5. The van der Waals surface area contributed by atoms with Gasteiger partial charge in [-0.3, -0.25) is 9.98 Å². The second-order valence-corrected chi connectivity index (χ2v) is 10.2. The number of nitrogens with zero attached hydrogens (tertiary/aromatic N) is 5. The molecule has 2 aromatic rings. The Bertz CT molecular complexity index is 1380. The maximum atomic E-state index is 13.9. The monoisotopic (exact) mass is 510 g/mol. The molecule has 0 bridgehead atoms. The molecule has 0 radical (unpaired) electrons. The van der Waals surface area contributed by atoms with Crippen molar-refractivity contribution in [2.75, 3.05) is 17.3 Å². The van der Waals surface area contributed by atoms with E-state index in [0.29, 0.717) is 12.1 Å². The molecule has 38 heavy (non-hydrogen) atoms. The second kappa shape index (κ2) is 10.1. The van der Waals surface area contributed by atoms with Crippen LogP contribution in [0.4, 0.5) is 16.0 Å². The lowest BCUT2D eigenvalue weighted by Gasteiger charge is -2.44. The van der Waals surface area contributed by atoms with Gasteiger partial charge in [-0.1, -0.05) is 12.2 Å². The first-order chi connectivity index (χ1) is 18.5. The molecule has 1 aliphatic heterocycles. The van der Waals surface area contributed by atoms with Crippen molar-refractivity contribution in [3.63, 3.8) is 0 Å². The smallest absolute Gasteiger partial charge is 0.227 e. The van der Waals surface area contributed by atoms with Gasteiger partial charge in [0.15, 0.2) is 0 Å². The number of benzene rings is 1. The van der Waals surface area contributed by atoms with Crippen LogP contribution in [-0.4, -0.2) is 46.2 Å². The van der Waals surface area contributed by atoms with Crippen molar-refractivity contribution in [2.45, 2.75) is 56.7 Å². The third kappa shape index (κ3) is 4.72. The van der Waals surface area contributed by atoms with Crippen LogP contribution in [0.5, 0.6) is 0 Å². The first-order valence-electron chi connectivity index (χ1n) is 13.1. The lowest BCUT2D eigenvalue weighted by molar-refractivity contribution is 0.0667. The molecule has 1 aromatic heterocycles. The minimum atomic E-state index is -0.451. The van der Waals surface area contributed by atoms with E-state index in [1.165, 1.54) is 12.1 Å². The predicted molar refractivity (Wildman–Crippen MR) is 149 cm³/mol. The van der Waals surface area contributed by atoms with Gasteiger partial charge in [-0.25, -0.2) is 14.4 Å². The molecule has 3 aliphatic carbocycles. The van der Waals surface area contributed by atoms with Crippen LogP contribution in [0.1, 0.15) is 39.0 Å². The summed E-state index contributed by atoms with van der Waals surface area (Å²) in [6.45, 7) is 2.14. The van der Waals surface area contributed by atoms with Crippen LogP contribution in [0.3, 0.4) is 0 Å². The number of aliphatic imine (C=N–C) groups is 2. The number of halogens is 1. The van der Waals surface area contributed by atoms with E-state index in [-0.39, 0.29) is 11.9 Å². The summed E-state index contributed by atoms with van der Waals surface area (Å²) in [6.07, 6.45) is 18.9. The van der Waals surface area contributed by atoms with Crippen LogP contribution >= 0.6 is 0 Å². The molecule has 7 nitrogen and oxygen atoms in total. The highest BCUT2D eigenvalue weighted by Gasteiger charge is 2.41. The molecule has 0 saturated heterocycles. The summed E-state index contributed by atoms with van der Waals surface area (Å²) in [5.74, 6) is 0.242. The van der Waals surface area contributed by atoms with Crippen molar-refractivity contribution in [3.8, 4) is 0 Å². The van der Waals surface area contributed by atoms with Gasteiger partial charge in [-0.2, -0.15) is 0 Å². The van der Waals surface area contributed by atoms with Crippen LogP contribution in [-0.2, 0) is 4.74 Å². The highest BCUT2D eigenvalue weighted by Crippen LogP contribution is 2.42. The van der Waals surface area contributed by atoms with Gasteiger partial charge in [-0.05, 0) is 87.6 Å². The number of methoxy groups -OCH3 is 1. The van der Waals surface area contributed by atoms with Crippen LogP contribution in [0, 0.1) is 5.82 Å². The number of allylic oxidation sites excluding steroid dienone is 4.